The first-order chi connectivity index (χ1) is 28.7. The SMILES string of the molecule is O=C1OC2(CCC(C(=O)Nc3ccn(-c4ccccc4F)n3)CC2)c2cnccc21.O=C1OC2(CCC(C(=O)Nc3cnn(-c4ccccc4)c3)CC2)c2cccnc21. The second-order valence-corrected chi connectivity index (χ2v) is 15.2. The number of fused-ring (bicyclic) bond motifs is 4. The highest BCUT2D eigenvalue weighted by Gasteiger charge is 2.50. The topological polar surface area (TPSA) is 172 Å². The Morgan fingerprint density at radius 2 is 1.39 bits per heavy atom. The van der Waals surface area contributed by atoms with Crippen molar-refractivity contribution in [1.82, 2.24) is 29.5 Å². The van der Waals surface area contributed by atoms with E-state index in [-0.39, 0.29) is 35.6 Å². The molecule has 0 unspecified atom stereocenters. The molecule has 10 rings (SSSR count). The first kappa shape index (κ1) is 37.5. The van der Waals surface area contributed by atoms with Crippen LogP contribution in [0.5, 0.6) is 0 Å². The van der Waals surface area contributed by atoms with Gasteiger partial charge in [-0.25, -0.2) is 28.3 Å². The summed E-state index contributed by atoms with van der Waals surface area (Å²) < 4.78 is 28.5. The summed E-state index contributed by atoms with van der Waals surface area (Å²) in [5.74, 6) is -1.22. The monoisotopic (exact) mass is 794 g/mol. The van der Waals surface area contributed by atoms with E-state index in [1.807, 2.05) is 42.5 Å². The smallest absolute Gasteiger partial charge is 0.358 e. The van der Waals surface area contributed by atoms with Gasteiger partial charge < -0.3 is 20.1 Å². The van der Waals surface area contributed by atoms with Gasteiger partial charge in [0.05, 0.1) is 29.3 Å². The van der Waals surface area contributed by atoms with Gasteiger partial charge in [-0.2, -0.15) is 5.10 Å². The molecular weight excluding hydrogens is 756 g/mol. The van der Waals surface area contributed by atoms with Crippen LogP contribution >= 0.6 is 0 Å². The molecule has 0 bridgehead atoms. The van der Waals surface area contributed by atoms with Gasteiger partial charge >= 0.3 is 11.9 Å². The van der Waals surface area contributed by atoms with Crippen molar-refractivity contribution in [1.29, 1.82) is 0 Å². The first-order valence-electron chi connectivity index (χ1n) is 19.6. The Morgan fingerprint density at radius 3 is 2.14 bits per heavy atom. The summed E-state index contributed by atoms with van der Waals surface area (Å²) in [5.41, 5.74) is 3.25. The lowest BCUT2D eigenvalue weighted by Gasteiger charge is -2.35. The number of esters is 2. The van der Waals surface area contributed by atoms with E-state index in [9.17, 15) is 23.6 Å². The zero-order chi connectivity index (χ0) is 40.6. The van der Waals surface area contributed by atoms with Crippen LogP contribution in [-0.4, -0.2) is 53.3 Å². The Labute approximate surface area is 337 Å². The molecule has 6 aromatic rings. The third kappa shape index (κ3) is 7.24. The molecule has 2 amide bonds. The standard InChI is InChI=1S/C22H19FN4O3.C22H20N4O3/c23-17-3-1-2-4-18(17)27-12-8-19(26-27)25-20(28)14-5-9-22(10-6-14)16-13-24-11-7-15(16)21(29)30-22;27-20(25-16-13-24-26(14-16)17-5-2-1-3-6-17)15-8-10-22(11-9-15)18-7-4-12-23-19(18)21(28)29-22/h1-4,7-8,11-14H,5-6,9-10H2,(H,25,26,28);1-7,12-15H,8-11H2,(H,25,27). The predicted octanol–water partition coefficient (Wildman–Crippen LogP) is 7.06. The normalized spacial score (nSPS) is 22.7. The molecule has 59 heavy (non-hydrogen) atoms. The molecule has 2 N–H and O–H groups in total. The van der Waals surface area contributed by atoms with Crippen LogP contribution < -0.4 is 10.6 Å². The maximum absolute atomic E-state index is 13.9. The van der Waals surface area contributed by atoms with Crippen LogP contribution in [0.4, 0.5) is 15.9 Å². The molecule has 15 heteroatoms. The summed E-state index contributed by atoms with van der Waals surface area (Å²) in [6.45, 7) is 0. The number of carbonyl (C=O) groups excluding carboxylic acids is 4. The van der Waals surface area contributed by atoms with E-state index in [2.05, 4.69) is 30.8 Å². The van der Waals surface area contributed by atoms with Crippen LogP contribution in [0.15, 0.2) is 116 Å². The minimum absolute atomic E-state index is 0.0248. The third-order valence-corrected chi connectivity index (χ3v) is 11.7. The van der Waals surface area contributed by atoms with Crippen molar-refractivity contribution in [3.05, 3.63) is 144 Å². The van der Waals surface area contributed by atoms with E-state index in [4.69, 9.17) is 9.47 Å². The number of carbonyl (C=O) groups is 4. The molecule has 0 radical (unpaired) electrons. The number of amides is 2. The molecule has 2 aliphatic carbocycles. The molecule has 6 heterocycles. The largest absolute Gasteiger partial charge is 0.450 e. The zero-order valence-electron chi connectivity index (χ0n) is 31.8. The predicted molar refractivity (Wildman–Crippen MR) is 211 cm³/mol. The second kappa shape index (κ2) is 15.4. The summed E-state index contributed by atoms with van der Waals surface area (Å²) in [5, 5.41) is 14.3. The number of hydrogen-bond donors (Lipinski definition) is 2. The van der Waals surface area contributed by atoms with Gasteiger partial charge in [0, 0.05) is 53.8 Å². The number of pyridine rings is 2. The molecule has 4 aromatic heterocycles. The van der Waals surface area contributed by atoms with E-state index < -0.39 is 17.0 Å². The lowest BCUT2D eigenvalue weighted by molar-refractivity contribution is -0.123. The highest BCUT2D eigenvalue weighted by molar-refractivity contribution is 5.95. The molecule has 2 spiro atoms. The molecule has 14 nitrogen and oxygen atoms in total. The summed E-state index contributed by atoms with van der Waals surface area (Å²) in [4.78, 5) is 58.1. The van der Waals surface area contributed by atoms with Crippen molar-refractivity contribution >= 4 is 35.3 Å². The number of nitrogens with zero attached hydrogens (tertiary/aromatic N) is 6. The number of rotatable bonds is 6. The van der Waals surface area contributed by atoms with Crippen molar-refractivity contribution in [2.75, 3.05) is 10.6 Å². The molecule has 0 saturated heterocycles. The van der Waals surface area contributed by atoms with E-state index in [1.165, 1.54) is 10.7 Å². The van der Waals surface area contributed by atoms with Gasteiger partial charge in [-0.05, 0) is 87.8 Å². The van der Waals surface area contributed by atoms with E-state index >= 15 is 0 Å². The summed E-state index contributed by atoms with van der Waals surface area (Å²) in [7, 11) is 0. The van der Waals surface area contributed by atoms with Gasteiger partial charge in [-0.15, -0.1) is 5.10 Å². The Kier molecular flexibility index (Phi) is 9.79. The highest BCUT2D eigenvalue weighted by Crippen LogP contribution is 2.49. The quantitative estimate of drug-likeness (QED) is 0.166. The van der Waals surface area contributed by atoms with Crippen LogP contribution in [0, 0.1) is 17.7 Å². The van der Waals surface area contributed by atoms with Gasteiger partial charge in [-0.1, -0.05) is 36.4 Å². The van der Waals surface area contributed by atoms with Crippen molar-refractivity contribution < 1.29 is 33.0 Å². The molecule has 298 valence electrons. The highest BCUT2D eigenvalue weighted by atomic mass is 19.1. The molecule has 2 aromatic carbocycles. The minimum Gasteiger partial charge on any atom is -0.450 e. The van der Waals surface area contributed by atoms with Crippen LogP contribution in [-0.2, 0) is 30.3 Å². The number of para-hydroxylation sites is 2. The molecular formula is C44H39FN8O6. The van der Waals surface area contributed by atoms with Crippen LogP contribution in [0.1, 0.15) is 83.3 Å². The Morgan fingerprint density at radius 1 is 0.712 bits per heavy atom. The van der Waals surface area contributed by atoms with Gasteiger partial charge in [0.25, 0.3) is 0 Å². The number of hydrogen-bond acceptors (Lipinski definition) is 10. The van der Waals surface area contributed by atoms with Gasteiger partial charge in [0.2, 0.25) is 11.8 Å². The van der Waals surface area contributed by atoms with Crippen molar-refractivity contribution in [2.24, 2.45) is 11.8 Å². The Balaban J connectivity index is 0.000000152. The summed E-state index contributed by atoms with van der Waals surface area (Å²) in [6.07, 6.45) is 14.8. The fraction of sp³-hybridized carbons (Fsp3) is 0.273. The van der Waals surface area contributed by atoms with Crippen molar-refractivity contribution in [2.45, 2.75) is 62.6 Å². The molecule has 0 atom stereocenters. The van der Waals surface area contributed by atoms with E-state index in [0.29, 0.717) is 79.8 Å². The number of halogens is 1. The summed E-state index contributed by atoms with van der Waals surface area (Å²) >= 11 is 0. The molecule has 2 aliphatic heterocycles. The average Bonchev–Trinajstić information content (AvgIpc) is 4.05. The van der Waals surface area contributed by atoms with Gasteiger partial charge in [0.15, 0.2) is 11.5 Å². The lowest BCUT2D eigenvalue weighted by Crippen LogP contribution is -2.36. The zero-order valence-corrected chi connectivity index (χ0v) is 31.8. The van der Waals surface area contributed by atoms with E-state index in [0.717, 1.165) is 16.8 Å². The second-order valence-electron chi connectivity index (χ2n) is 15.2. The number of anilines is 2. The van der Waals surface area contributed by atoms with Crippen molar-refractivity contribution in [3.8, 4) is 11.4 Å². The maximum Gasteiger partial charge on any atom is 0.358 e. The van der Waals surface area contributed by atoms with Gasteiger partial charge in [-0.3, -0.25) is 14.6 Å². The summed E-state index contributed by atoms with van der Waals surface area (Å²) in [6, 6.07) is 23.1. The third-order valence-electron chi connectivity index (χ3n) is 11.7. The number of benzene rings is 2. The fourth-order valence-corrected chi connectivity index (χ4v) is 8.62. The maximum atomic E-state index is 13.9. The van der Waals surface area contributed by atoms with E-state index in [1.54, 1.807) is 72.2 Å². The first-order valence-corrected chi connectivity index (χ1v) is 19.6. The van der Waals surface area contributed by atoms with Gasteiger partial charge in [0.1, 0.15) is 22.7 Å². The molecule has 2 fully saturated rings. The number of ether oxygens (including phenoxy) is 2. The Hall–Kier alpha value is -7.03. The minimum atomic E-state index is -0.677. The van der Waals surface area contributed by atoms with Crippen LogP contribution in [0.2, 0.25) is 0 Å². The number of nitrogens with one attached hydrogen (secondary N) is 2. The molecule has 4 aliphatic rings. The fourth-order valence-electron chi connectivity index (χ4n) is 8.62. The number of aromatic nitrogens is 6. The van der Waals surface area contributed by atoms with Crippen LogP contribution in [0.3, 0.4) is 0 Å². The Bertz CT molecular complexity index is 2560. The van der Waals surface area contributed by atoms with Crippen molar-refractivity contribution in [3.63, 3.8) is 0 Å². The van der Waals surface area contributed by atoms with Crippen LogP contribution in [0.25, 0.3) is 11.4 Å². The lowest BCUT2D eigenvalue weighted by atomic mass is 9.75. The average molecular weight is 795 g/mol. The molecule has 2 saturated carbocycles.